The van der Waals surface area contributed by atoms with E-state index in [1.165, 1.54) is 17.9 Å². The summed E-state index contributed by atoms with van der Waals surface area (Å²) in [5.41, 5.74) is 2.75. The first-order chi connectivity index (χ1) is 15.9. The van der Waals surface area contributed by atoms with E-state index in [9.17, 15) is 9.59 Å². The van der Waals surface area contributed by atoms with Crippen molar-refractivity contribution in [2.45, 2.75) is 26.8 Å². The number of ether oxygens (including phenoxy) is 2. The number of hydrogen-bond acceptors (Lipinski definition) is 6. The van der Waals surface area contributed by atoms with Crippen LogP contribution in [0.5, 0.6) is 11.5 Å². The molecule has 0 spiro atoms. The van der Waals surface area contributed by atoms with E-state index in [-0.39, 0.29) is 24.4 Å². The maximum Gasteiger partial charge on any atom is 0.264 e. The summed E-state index contributed by atoms with van der Waals surface area (Å²) in [5, 5.41) is 7.58. The average Bonchev–Trinajstić information content (AvgIpc) is 3.23. The number of amides is 1. The summed E-state index contributed by atoms with van der Waals surface area (Å²) in [4.78, 5) is 30.3. The molecule has 0 bridgehead atoms. The molecule has 2 aromatic carbocycles. The molecule has 0 unspecified atom stereocenters. The third-order valence-electron chi connectivity index (χ3n) is 5.40. The molecule has 1 N–H and O–H groups in total. The van der Waals surface area contributed by atoms with Gasteiger partial charge in [0.05, 0.1) is 31.8 Å². The summed E-state index contributed by atoms with van der Waals surface area (Å²) >= 11 is 0. The number of methoxy groups -OCH3 is 2. The first kappa shape index (κ1) is 22.1. The number of nitrogens with one attached hydrogen (secondary N) is 1. The topological polar surface area (TPSA) is 100 Å². The maximum absolute atomic E-state index is 13.1. The van der Waals surface area contributed by atoms with Crippen molar-refractivity contribution >= 4 is 22.6 Å². The zero-order valence-corrected chi connectivity index (χ0v) is 19.0. The molecule has 0 radical (unpaired) electrons. The smallest absolute Gasteiger partial charge is 0.264 e. The lowest BCUT2D eigenvalue weighted by Crippen LogP contribution is -2.26. The van der Waals surface area contributed by atoms with E-state index in [0.29, 0.717) is 34.0 Å². The van der Waals surface area contributed by atoms with E-state index in [1.807, 2.05) is 31.2 Å². The van der Waals surface area contributed by atoms with Crippen LogP contribution in [-0.2, 0) is 11.3 Å². The van der Waals surface area contributed by atoms with E-state index in [4.69, 9.17) is 9.47 Å². The molecule has 0 aliphatic heterocycles. The Morgan fingerprint density at radius 3 is 2.52 bits per heavy atom. The third-order valence-corrected chi connectivity index (χ3v) is 5.40. The second kappa shape index (κ2) is 9.15. The number of benzene rings is 2. The molecule has 0 aliphatic rings. The lowest BCUT2D eigenvalue weighted by Gasteiger charge is -2.13. The molecule has 0 atom stereocenters. The van der Waals surface area contributed by atoms with E-state index >= 15 is 0 Å². The monoisotopic (exact) mass is 447 g/mol. The van der Waals surface area contributed by atoms with Crippen LogP contribution in [0, 0.1) is 13.8 Å². The van der Waals surface area contributed by atoms with Crippen LogP contribution in [0.1, 0.15) is 17.8 Å². The Morgan fingerprint density at radius 1 is 1.06 bits per heavy atom. The lowest BCUT2D eigenvalue weighted by molar-refractivity contribution is -0.116. The summed E-state index contributed by atoms with van der Waals surface area (Å²) in [5.74, 6) is 1.37. The van der Waals surface area contributed by atoms with Crippen molar-refractivity contribution < 1.29 is 14.3 Å². The summed E-state index contributed by atoms with van der Waals surface area (Å²) < 4.78 is 13.6. The van der Waals surface area contributed by atoms with Gasteiger partial charge in [0.25, 0.3) is 5.56 Å². The summed E-state index contributed by atoms with van der Waals surface area (Å²) in [6.07, 6.45) is 1.61. The van der Waals surface area contributed by atoms with Crippen molar-refractivity contribution in [1.29, 1.82) is 0 Å². The first-order valence-corrected chi connectivity index (χ1v) is 10.5. The Balaban J connectivity index is 1.54. The maximum atomic E-state index is 13.1. The van der Waals surface area contributed by atoms with Crippen LogP contribution in [0.25, 0.3) is 16.7 Å². The second-order valence-corrected chi connectivity index (χ2v) is 7.61. The number of aryl methyl sites for hydroxylation is 2. The average molecular weight is 447 g/mol. The predicted molar refractivity (Wildman–Crippen MR) is 125 cm³/mol. The van der Waals surface area contributed by atoms with Crippen LogP contribution in [-0.4, -0.2) is 39.5 Å². The normalized spacial score (nSPS) is 10.9. The van der Waals surface area contributed by atoms with E-state index < -0.39 is 0 Å². The van der Waals surface area contributed by atoms with Gasteiger partial charge in [-0.25, -0.2) is 9.67 Å². The number of hydrogen-bond donors (Lipinski definition) is 1. The molecule has 0 saturated carbocycles. The van der Waals surface area contributed by atoms with Crippen LogP contribution in [0.3, 0.4) is 0 Å². The number of aromatic nitrogens is 4. The molecule has 0 saturated heterocycles. The van der Waals surface area contributed by atoms with Crippen molar-refractivity contribution in [3.05, 3.63) is 70.4 Å². The fourth-order valence-corrected chi connectivity index (χ4v) is 3.57. The van der Waals surface area contributed by atoms with Gasteiger partial charge in [0.15, 0.2) is 5.65 Å². The Kier molecular flexibility index (Phi) is 6.12. The van der Waals surface area contributed by atoms with Gasteiger partial charge in [-0.15, -0.1) is 0 Å². The van der Waals surface area contributed by atoms with Crippen LogP contribution in [0.4, 0.5) is 5.69 Å². The number of carbonyl (C=O) groups excluding carboxylic acids is 1. The molecule has 1 amide bonds. The molecule has 9 heteroatoms. The molecule has 2 aromatic heterocycles. The fourth-order valence-electron chi connectivity index (χ4n) is 3.57. The van der Waals surface area contributed by atoms with E-state index in [2.05, 4.69) is 15.4 Å². The van der Waals surface area contributed by atoms with Crippen molar-refractivity contribution in [2.24, 2.45) is 0 Å². The highest BCUT2D eigenvalue weighted by Crippen LogP contribution is 2.29. The Morgan fingerprint density at radius 2 is 1.82 bits per heavy atom. The molecule has 0 aliphatic carbocycles. The van der Waals surface area contributed by atoms with Crippen molar-refractivity contribution in [3.8, 4) is 17.2 Å². The zero-order chi connectivity index (χ0) is 23.5. The highest BCUT2D eigenvalue weighted by molar-refractivity contribution is 5.92. The van der Waals surface area contributed by atoms with Gasteiger partial charge in [0, 0.05) is 19.0 Å². The Labute approximate surface area is 190 Å². The molecule has 9 nitrogen and oxygen atoms in total. The van der Waals surface area contributed by atoms with E-state index in [0.717, 1.165) is 11.3 Å². The molecule has 0 fully saturated rings. The van der Waals surface area contributed by atoms with Gasteiger partial charge in [-0.3, -0.25) is 14.2 Å². The highest BCUT2D eigenvalue weighted by Gasteiger charge is 2.16. The van der Waals surface area contributed by atoms with Gasteiger partial charge in [-0.1, -0.05) is 17.7 Å². The van der Waals surface area contributed by atoms with Gasteiger partial charge in [0.1, 0.15) is 22.7 Å². The molecule has 4 aromatic rings. The molecule has 4 rings (SSSR count). The summed E-state index contributed by atoms with van der Waals surface area (Å²) in [6.45, 7) is 3.94. The van der Waals surface area contributed by atoms with Crippen LogP contribution in [0.2, 0.25) is 0 Å². The number of anilines is 1. The molecule has 33 heavy (non-hydrogen) atoms. The van der Waals surface area contributed by atoms with Crippen LogP contribution < -0.4 is 20.3 Å². The second-order valence-electron chi connectivity index (χ2n) is 7.61. The molecular weight excluding hydrogens is 422 g/mol. The SMILES string of the molecule is COc1ccc(NC(=O)CCn2c(C)nc3c(cnn3-c3ccc(C)cc3)c2=O)c(OC)c1. The molecule has 2 heterocycles. The summed E-state index contributed by atoms with van der Waals surface area (Å²) in [6, 6.07) is 13.0. The van der Waals surface area contributed by atoms with Gasteiger partial charge in [0.2, 0.25) is 5.91 Å². The highest BCUT2D eigenvalue weighted by atomic mass is 16.5. The minimum absolute atomic E-state index is 0.0925. The van der Waals surface area contributed by atoms with Gasteiger partial charge in [-0.2, -0.15) is 5.10 Å². The predicted octanol–water partition coefficient (Wildman–Crippen LogP) is 3.25. The van der Waals surface area contributed by atoms with Crippen LogP contribution >= 0.6 is 0 Å². The minimum Gasteiger partial charge on any atom is -0.497 e. The zero-order valence-electron chi connectivity index (χ0n) is 19.0. The number of rotatable bonds is 7. The summed E-state index contributed by atoms with van der Waals surface area (Å²) in [7, 11) is 3.08. The van der Waals surface area contributed by atoms with Gasteiger partial charge < -0.3 is 14.8 Å². The molecule has 170 valence electrons. The Bertz CT molecular complexity index is 1370. The first-order valence-electron chi connectivity index (χ1n) is 10.5. The quantitative estimate of drug-likeness (QED) is 0.467. The van der Waals surface area contributed by atoms with Gasteiger partial charge >= 0.3 is 0 Å². The van der Waals surface area contributed by atoms with Crippen molar-refractivity contribution in [1.82, 2.24) is 19.3 Å². The standard InChI is InChI=1S/C24H25N5O4/c1-15-5-7-17(8-6-15)29-23-19(14-25-29)24(31)28(16(2)26-23)12-11-22(30)27-20-10-9-18(32-3)13-21(20)33-4/h5-10,13-14H,11-12H2,1-4H3,(H,27,30). The lowest BCUT2D eigenvalue weighted by atomic mass is 10.2. The molecular formula is C24H25N5O4. The number of nitrogens with zero attached hydrogens (tertiary/aromatic N) is 4. The van der Waals surface area contributed by atoms with Crippen LogP contribution in [0.15, 0.2) is 53.5 Å². The minimum atomic E-state index is -0.250. The third kappa shape index (κ3) is 4.43. The largest absolute Gasteiger partial charge is 0.497 e. The Hall–Kier alpha value is -4.14. The fraction of sp³-hybridized carbons (Fsp3) is 0.250. The number of carbonyl (C=O) groups is 1. The van der Waals surface area contributed by atoms with Gasteiger partial charge in [-0.05, 0) is 38.1 Å². The number of fused-ring (bicyclic) bond motifs is 1. The van der Waals surface area contributed by atoms with Crippen molar-refractivity contribution in [2.75, 3.05) is 19.5 Å². The van der Waals surface area contributed by atoms with E-state index in [1.54, 1.807) is 36.9 Å². The van der Waals surface area contributed by atoms with Crippen molar-refractivity contribution in [3.63, 3.8) is 0 Å².